The molecule has 3 rings (SSSR count). The van der Waals surface area contributed by atoms with Crippen LogP contribution in [-0.4, -0.2) is 12.9 Å². The molecular formula is C20H16FNO2. The number of nitrogens with two attached hydrogens (primary N) is 1. The maximum absolute atomic E-state index is 13.5. The van der Waals surface area contributed by atoms with Crippen LogP contribution in [0.2, 0.25) is 0 Å². The van der Waals surface area contributed by atoms with Crippen LogP contribution < -0.4 is 10.5 Å². The minimum absolute atomic E-state index is 0.129. The fourth-order valence-corrected chi connectivity index (χ4v) is 2.53. The number of hydrogen-bond donors (Lipinski definition) is 1. The maximum atomic E-state index is 13.5. The molecule has 0 saturated carbocycles. The van der Waals surface area contributed by atoms with Gasteiger partial charge in [-0.3, -0.25) is 4.79 Å². The highest BCUT2D eigenvalue weighted by molar-refractivity contribution is 6.09. The largest absolute Gasteiger partial charge is 0.496 e. The van der Waals surface area contributed by atoms with Crippen LogP contribution in [0.1, 0.15) is 15.9 Å². The van der Waals surface area contributed by atoms with Gasteiger partial charge in [0.1, 0.15) is 11.6 Å². The summed E-state index contributed by atoms with van der Waals surface area (Å²) in [6.45, 7) is 0. The van der Waals surface area contributed by atoms with Gasteiger partial charge in [-0.2, -0.15) is 0 Å². The lowest BCUT2D eigenvalue weighted by atomic mass is 9.97. The summed E-state index contributed by atoms with van der Waals surface area (Å²) in [5.74, 6) is 0.106. The number of nitrogen functional groups attached to an aromatic ring is 1. The Bertz CT molecular complexity index is 888. The molecule has 0 aliphatic rings. The van der Waals surface area contributed by atoms with Gasteiger partial charge in [0.05, 0.1) is 7.11 Å². The summed E-state index contributed by atoms with van der Waals surface area (Å²) in [5.41, 5.74) is 8.61. The van der Waals surface area contributed by atoms with Crippen LogP contribution in [0.15, 0.2) is 66.7 Å². The van der Waals surface area contributed by atoms with Gasteiger partial charge in [0.2, 0.25) is 0 Å². The molecule has 0 spiro atoms. The average molecular weight is 321 g/mol. The van der Waals surface area contributed by atoms with E-state index in [-0.39, 0.29) is 11.6 Å². The zero-order valence-corrected chi connectivity index (χ0v) is 13.1. The van der Waals surface area contributed by atoms with Crippen molar-refractivity contribution in [2.45, 2.75) is 0 Å². The Morgan fingerprint density at radius 3 is 2.33 bits per heavy atom. The van der Waals surface area contributed by atoms with E-state index in [9.17, 15) is 9.18 Å². The fourth-order valence-electron chi connectivity index (χ4n) is 2.53. The van der Waals surface area contributed by atoms with Crippen LogP contribution >= 0.6 is 0 Å². The Morgan fingerprint density at radius 2 is 1.67 bits per heavy atom. The number of methoxy groups -OCH3 is 1. The molecule has 0 saturated heterocycles. The molecule has 0 radical (unpaired) electrons. The number of carbonyl (C=O) groups excluding carboxylic acids is 1. The Hall–Kier alpha value is -3.14. The lowest BCUT2D eigenvalue weighted by Crippen LogP contribution is -2.02. The molecule has 0 aromatic heterocycles. The summed E-state index contributed by atoms with van der Waals surface area (Å²) in [6.07, 6.45) is 0. The molecule has 0 fully saturated rings. The first-order valence-corrected chi connectivity index (χ1v) is 7.42. The number of ketones is 1. The second-order valence-corrected chi connectivity index (χ2v) is 5.38. The molecular weight excluding hydrogens is 305 g/mol. The smallest absolute Gasteiger partial charge is 0.193 e. The minimum Gasteiger partial charge on any atom is -0.496 e. The molecule has 3 aromatic carbocycles. The summed E-state index contributed by atoms with van der Waals surface area (Å²) in [5, 5.41) is 0. The van der Waals surface area contributed by atoms with Crippen molar-refractivity contribution in [3.63, 3.8) is 0 Å². The molecule has 4 heteroatoms. The van der Waals surface area contributed by atoms with E-state index in [4.69, 9.17) is 10.5 Å². The van der Waals surface area contributed by atoms with Gasteiger partial charge in [0, 0.05) is 22.4 Å². The van der Waals surface area contributed by atoms with E-state index in [1.807, 2.05) is 0 Å². The molecule has 120 valence electrons. The minimum atomic E-state index is -0.343. The lowest BCUT2D eigenvalue weighted by Gasteiger charge is -2.11. The van der Waals surface area contributed by atoms with Crippen LogP contribution in [0.5, 0.6) is 5.75 Å². The second-order valence-electron chi connectivity index (χ2n) is 5.38. The van der Waals surface area contributed by atoms with Gasteiger partial charge in [-0.05, 0) is 60.2 Å². The summed E-state index contributed by atoms with van der Waals surface area (Å²) in [7, 11) is 1.54. The molecule has 0 aliphatic heterocycles. The topological polar surface area (TPSA) is 52.3 Å². The van der Waals surface area contributed by atoms with Gasteiger partial charge in [-0.25, -0.2) is 4.39 Å². The number of anilines is 1. The standard InChI is InChI=1S/C20H16FNO2/c1-24-19-10-7-15(20(23)13-5-8-17(22)9-6-13)12-18(19)14-3-2-4-16(21)11-14/h2-12H,22H2,1H3. The first kappa shape index (κ1) is 15.7. The van der Waals surface area contributed by atoms with E-state index in [1.165, 1.54) is 12.1 Å². The SMILES string of the molecule is COc1ccc(C(=O)c2ccc(N)cc2)cc1-c1cccc(F)c1. The average Bonchev–Trinajstić information content (AvgIpc) is 2.61. The van der Waals surface area contributed by atoms with Crippen molar-refractivity contribution < 1.29 is 13.9 Å². The predicted octanol–water partition coefficient (Wildman–Crippen LogP) is 4.31. The summed E-state index contributed by atoms with van der Waals surface area (Å²) in [4.78, 5) is 12.7. The van der Waals surface area contributed by atoms with Crippen molar-refractivity contribution >= 4 is 11.5 Å². The van der Waals surface area contributed by atoms with Crippen molar-refractivity contribution in [3.05, 3.63) is 83.7 Å². The van der Waals surface area contributed by atoms with Crippen molar-refractivity contribution in [2.75, 3.05) is 12.8 Å². The number of halogens is 1. The van der Waals surface area contributed by atoms with Crippen molar-refractivity contribution in [1.29, 1.82) is 0 Å². The Labute approximate surface area is 139 Å². The molecule has 24 heavy (non-hydrogen) atoms. The highest BCUT2D eigenvalue weighted by Crippen LogP contribution is 2.32. The van der Waals surface area contributed by atoms with Crippen molar-refractivity contribution in [3.8, 4) is 16.9 Å². The zero-order valence-electron chi connectivity index (χ0n) is 13.1. The summed E-state index contributed by atoms with van der Waals surface area (Å²) in [6, 6.07) is 18.0. The van der Waals surface area contributed by atoms with Gasteiger partial charge >= 0.3 is 0 Å². The fraction of sp³-hybridized carbons (Fsp3) is 0.0500. The predicted molar refractivity (Wildman–Crippen MR) is 92.7 cm³/mol. The van der Waals surface area contributed by atoms with Crippen LogP contribution in [0.25, 0.3) is 11.1 Å². The normalized spacial score (nSPS) is 10.4. The first-order chi connectivity index (χ1) is 11.6. The van der Waals surface area contributed by atoms with Gasteiger partial charge in [0.15, 0.2) is 5.78 Å². The number of hydrogen-bond acceptors (Lipinski definition) is 3. The van der Waals surface area contributed by atoms with Crippen molar-refractivity contribution in [1.82, 2.24) is 0 Å². The number of rotatable bonds is 4. The third kappa shape index (κ3) is 3.13. The lowest BCUT2D eigenvalue weighted by molar-refractivity contribution is 0.103. The molecule has 0 bridgehead atoms. The number of benzene rings is 3. The Kier molecular flexibility index (Phi) is 4.29. The Morgan fingerprint density at radius 1 is 0.958 bits per heavy atom. The molecule has 3 nitrogen and oxygen atoms in total. The van der Waals surface area contributed by atoms with Crippen molar-refractivity contribution in [2.24, 2.45) is 0 Å². The van der Waals surface area contributed by atoms with Gasteiger partial charge < -0.3 is 10.5 Å². The van der Waals surface area contributed by atoms with Crippen LogP contribution in [0.4, 0.5) is 10.1 Å². The van der Waals surface area contributed by atoms with Gasteiger partial charge in [-0.1, -0.05) is 12.1 Å². The third-order valence-electron chi connectivity index (χ3n) is 3.77. The Balaban J connectivity index is 2.06. The molecule has 0 heterocycles. The third-order valence-corrected chi connectivity index (χ3v) is 3.77. The monoisotopic (exact) mass is 321 g/mol. The van der Waals surface area contributed by atoms with Crippen LogP contribution in [0, 0.1) is 5.82 Å². The second kappa shape index (κ2) is 6.54. The highest BCUT2D eigenvalue weighted by atomic mass is 19.1. The van der Waals surface area contributed by atoms with E-state index in [0.717, 1.165) is 0 Å². The van der Waals surface area contributed by atoms with Crippen LogP contribution in [-0.2, 0) is 0 Å². The van der Waals surface area contributed by atoms with E-state index in [2.05, 4.69) is 0 Å². The number of ether oxygens (including phenoxy) is 1. The summed E-state index contributed by atoms with van der Waals surface area (Å²) < 4.78 is 18.9. The van der Waals surface area contributed by atoms with E-state index in [0.29, 0.717) is 33.7 Å². The molecule has 0 atom stereocenters. The van der Waals surface area contributed by atoms with E-state index < -0.39 is 0 Å². The van der Waals surface area contributed by atoms with E-state index >= 15 is 0 Å². The molecule has 0 amide bonds. The first-order valence-electron chi connectivity index (χ1n) is 7.42. The molecule has 0 unspecified atom stereocenters. The number of carbonyl (C=O) groups is 1. The summed E-state index contributed by atoms with van der Waals surface area (Å²) >= 11 is 0. The van der Waals surface area contributed by atoms with Crippen LogP contribution in [0.3, 0.4) is 0 Å². The zero-order chi connectivity index (χ0) is 17.1. The molecule has 2 N–H and O–H groups in total. The van der Waals surface area contributed by atoms with Gasteiger partial charge in [0.25, 0.3) is 0 Å². The maximum Gasteiger partial charge on any atom is 0.193 e. The van der Waals surface area contributed by atoms with E-state index in [1.54, 1.807) is 61.7 Å². The molecule has 0 aliphatic carbocycles. The molecule has 3 aromatic rings. The highest BCUT2D eigenvalue weighted by Gasteiger charge is 2.14. The van der Waals surface area contributed by atoms with Gasteiger partial charge in [-0.15, -0.1) is 0 Å². The quantitative estimate of drug-likeness (QED) is 0.575.